The van der Waals surface area contributed by atoms with Crippen LogP contribution in [0.4, 0.5) is 4.11 Å². The second-order valence-electron chi connectivity index (χ2n) is 6.81. The van der Waals surface area contributed by atoms with E-state index in [9.17, 15) is 13.7 Å². The summed E-state index contributed by atoms with van der Waals surface area (Å²) in [6.45, 7) is 7.39. The maximum Gasteiger partial charge on any atom is 0.303 e. The molecule has 0 aliphatic carbocycles. The van der Waals surface area contributed by atoms with Gasteiger partial charge < -0.3 is 18.3 Å². The molecule has 0 aromatic carbocycles. The van der Waals surface area contributed by atoms with Crippen molar-refractivity contribution in [2.75, 3.05) is 0 Å². The topological polar surface area (TPSA) is 85.6 Å². The van der Waals surface area contributed by atoms with Crippen molar-refractivity contribution in [1.29, 1.82) is 5.26 Å². The Morgan fingerprint density at radius 2 is 1.75 bits per heavy atom. The van der Waals surface area contributed by atoms with Crippen LogP contribution in [-0.4, -0.2) is 44.8 Å². The zero-order chi connectivity index (χ0) is 18.5. The van der Waals surface area contributed by atoms with Crippen molar-refractivity contribution in [1.82, 2.24) is 0 Å². The maximum absolute atomic E-state index is 14.4. The first-order valence-electron chi connectivity index (χ1n) is 8.11. The van der Waals surface area contributed by atoms with Crippen LogP contribution in [0.5, 0.6) is 0 Å². The molecule has 0 aromatic rings. The summed E-state index contributed by atoms with van der Waals surface area (Å²) in [4.78, 5) is 23.0. The summed E-state index contributed by atoms with van der Waals surface area (Å²) in [7, 11) is -3.00. The lowest BCUT2D eigenvalue weighted by molar-refractivity contribution is -0.220. The highest BCUT2D eigenvalue weighted by Crippen LogP contribution is 2.37. The molecule has 0 radical (unpaired) electrons. The molecular weight excluding hydrogens is 333 g/mol. The van der Waals surface area contributed by atoms with Gasteiger partial charge in [0.15, 0.2) is 6.10 Å². The van der Waals surface area contributed by atoms with Crippen LogP contribution >= 0.6 is 0 Å². The Labute approximate surface area is 143 Å². The Morgan fingerprint density at radius 1 is 1.21 bits per heavy atom. The lowest BCUT2D eigenvalue weighted by Gasteiger charge is -2.45. The Hall–Kier alpha value is -1.46. The van der Waals surface area contributed by atoms with Crippen molar-refractivity contribution in [3.05, 3.63) is 0 Å². The number of esters is 2. The molecule has 24 heavy (non-hydrogen) atoms. The van der Waals surface area contributed by atoms with Crippen LogP contribution < -0.4 is 0 Å². The Bertz CT molecular complexity index is 502. The van der Waals surface area contributed by atoms with Gasteiger partial charge in [0.05, 0.1) is 18.3 Å². The first-order chi connectivity index (χ1) is 11.0. The molecule has 1 saturated heterocycles. The normalized spacial score (nSPS) is 30.3. The second-order valence-corrected chi connectivity index (χ2v) is 10.7. The van der Waals surface area contributed by atoms with E-state index in [1.807, 2.05) is 0 Å². The summed E-state index contributed by atoms with van der Waals surface area (Å²) in [6.07, 6.45) is -1.82. The highest BCUT2D eigenvalue weighted by Gasteiger charge is 2.49. The van der Waals surface area contributed by atoms with E-state index in [2.05, 4.69) is 6.07 Å². The molecule has 136 valence electrons. The largest absolute Gasteiger partial charge is 0.458 e. The fraction of sp³-hybridized carbons (Fsp3) is 0.812. The molecule has 0 spiro atoms. The van der Waals surface area contributed by atoms with E-state index < -0.39 is 50.7 Å². The monoisotopic (exact) mass is 359 g/mol. The average Bonchev–Trinajstić information content (AvgIpc) is 2.41. The van der Waals surface area contributed by atoms with Crippen LogP contribution in [-0.2, 0) is 23.8 Å². The Morgan fingerprint density at radius 3 is 2.21 bits per heavy atom. The Balaban J connectivity index is 3.16. The van der Waals surface area contributed by atoms with Crippen LogP contribution in [0.25, 0.3) is 0 Å². The van der Waals surface area contributed by atoms with Gasteiger partial charge in [-0.25, -0.2) is 0 Å². The van der Waals surface area contributed by atoms with Crippen molar-refractivity contribution in [3.8, 4) is 6.07 Å². The second kappa shape index (κ2) is 8.58. The lowest BCUT2D eigenvalue weighted by atomic mass is 9.86. The number of nitriles is 1. The fourth-order valence-corrected chi connectivity index (χ4v) is 4.79. The van der Waals surface area contributed by atoms with Gasteiger partial charge in [0.25, 0.3) is 0 Å². The summed E-state index contributed by atoms with van der Waals surface area (Å²) in [5, 5.41) is 8.84. The lowest BCUT2D eigenvalue weighted by Crippen LogP contribution is -2.57. The molecule has 1 aliphatic rings. The molecule has 1 heterocycles. The van der Waals surface area contributed by atoms with Gasteiger partial charge in [-0.1, -0.05) is 0 Å². The summed E-state index contributed by atoms with van der Waals surface area (Å²) >= 11 is 0. The molecule has 0 N–H and O–H groups in total. The minimum atomic E-state index is -3.00. The average molecular weight is 359 g/mol. The van der Waals surface area contributed by atoms with Gasteiger partial charge in [0.1, 0.15) is 6.10 Å². The predicted molar refractivity (Wildman–Crippen MR) is 87.2 cm³/mol. The van der Waals surface area contributed by atoms with Crippen molar-refractivity contribution in [2.45, 2.75) is 77.2 Å². The number of hydrogen-bond donors (Lipinski definition) is 0. The van der Waals surface area contributed by atoms with E-state index >= 15 is 0 Å². The number of halogens is 1. The number of hydrogen-bond acceptors (Lipinski definition) is 6. The van der Waals surface area contributed by atoms with Gasteiger partial charge in [-0.3, -0.25) is 9.59 Å². The quantitative estimate of drug-likeness (QED) is 0.412. The summed E-state index contributed by atoms with van der Waals surface area (Å²) < 4.78 is 31.1. The highest BCUT2D eigenvalue weighted by molar-refractivity contribution is 6.70. The molecule has 0 bridgehead atoms. The first kappa shape index (κ1) is 20.6. The molecule has 1 aliphatic heterocycles. The molecule has 8 heteroatoms. The van der Waals surface area contributed by atoms with Crippen LogP contribution in [0.3, 0.4) is 0 Å². The van der Waals surface area contributed by atoms with Crippen LogP contribution in [0, 0.1) is 17.2 Å². The summed E-state index contributed by atoms with van der Waals surface area (Å²) in [5.74, 6) is -1.48. The van der Waals surface area contributed by atoms with Gasteiger partial charge in [-0.05, 0) is 32.5 Å². The van der Waals surface area contributed by atoms with Gasteiger partial charge in [0.2, 0.25) is 8.41 Å². The van der Waals surface area contributed by atoms with E-state index in [1.165, 1.54) is 13.8 Å². The maximum atomic E-state index is 14.4. The van der Waals surface area contributed by atoms with Crippen molar-refractivity contribution < 1.29 is 27.9 Å². The number of nitrogens with zero attached hydrogens (tertiary/aromatic N) is 1. The number of carbonyl (C=O) groups is 2. The molecule has 5 atom stereocenters. The smallest absolute Gasteiger partial charge is 0.303 e. The van der Waals surface area contributed by atoms with E-state index in [1.54, 1.807) is 20.0 Å². The molecule has 0 amide bonds. The molecule has 1 rings (SSSR count). The summed E-state index contributed by atoms with van der Waals surface area (Å²) in [6, 6.07) is 2.26. The van der Waals surface area contributed by atoms with Crippen molar-refractivity contribution in [3.63, 3.8) is 0 Å². The SMILES string of the molecule is CC(=O)O[C@@H]1[C@@H](OC(C)=O)[C@@H](C[Si](C)(C)F)[C@H](CCC#N)O[C@H]1C. The number of carbonyl (C=O) groups excluding carboxylic acids is 2. The minimum absolute atomic E-state index is 0.200. The van der Waals surface area contributed by atoms with Gasteiger partial charge >= 0.3 is 11.9 Å². The Kier molecular flexibility index (Phi) is 7.36. The van der Waals surface area contributed by atoms with Gasteiger partial charge in [0, 0.05) is 26.2 Å². The van der Waals surface area contributed by atoms with E-state index in [4.69, 9.17) is 19.5 Å². The molecule has 1 fully saturated rings. The molecule has 0 saturated carbocycles. The first-order valence-corrected chi connectivity index (χ1v) is 11.2. The fourth-order valence-electron chi connectivity index (χ4n) is 3.17. The van der Waals surface area contributed by atoms with Crippen molar-refractivity contribution in [2.24, 2.45) is 5.92 Å². The highest BCUT2D eigenvalue weighted by atomic mass is 28.4. The minimum Gasteiger partial charge on any atom is -0.458 e. The number of ether oxygens (including phenoxy) is 3. The summed E-state index contributed by atoms with van der Waals surface area (Å²) in [5.41, 5.74) is 0. The van der Waals surface area contributed by atoms with E-state index in [-0.39, 0.29) is 12.5 Å². The van der Waals surface area contributed by atoms with E-state index in [0.29, 0.717) is 6.42 Å². The predicted octanol–water partition coefficient (Wildman–Crippen LogP) is 2.73. The molecule has 0 unspecified atom stereocenters. The molecular formula is C16H26FNO5Si. The molecule has 6 nitrogen and oxygen atoms in total. The molecule has 0 aromatic heterocycles. The van der Waals surface area contributed by atoms with Gasteiger partial charge in [-0.15, -0.1) is 0 Å². The standard InChI is InChI=1S/C16H26FNO5Si/c1-10-15(22-11(2)19)16(23-12(3)20)13(9-24(4,5)17)14(21-10)7-6-8-18/h10,13-16H,6-7,9H2,1-5H3/t10-,13-,14-,15-,16-/m0/s1. The number of rotatable bonds is 6. The third-order valence-electron chi connectivity index (χ3n) is 3.94. The zero-order valence-corrected chi connectivity index (χ0v) is 15.9. The van der Waals surface area contributed by atoms with Crippen LogP contribution in [0.2, 0.25) is 19.1 Å². The third-order valence-corrected chi connectivity index (χ3v) is 5.38. The third kappa shape index (κ3) is 6.21. The van der Waals surface area contributed by atoms with Gasteiger partial charge in [-0.2, -0.15) is 5.26 Å². The zero-order valence-electron chi connectivity index (χ0n) is 14.9. The van der Waals surface area contributed by atoms with Crippen LogP contribution in [0.1, 0.15) is 33.6 Å². The van der Waals surface area contributed by atoms with E-state index in [0.717, 1.165) is 0 Å². The van der Waals surface area contributed by atoms with Crippen LogP contribution in [0.15, 0.2) is 0 Å². The van der Waals surface area contributed by atoms with Crippen molar-refractivity contribution >= 4 is 20.3 Å².